The number of ether oxygens (including phenoxy) is 1. The van der Waals surface area contributed by atoms with E-state index in [1.165, 1.54) is 4.90 Å². The number of aryl methyl sites for hydroxylation is 1. The SMILES string of the molecule is C=NC(=CN(C)C(=O)N1COCC1(C)C)c1ccc(O)c(C)c1. The summed E-state index contributed by atoms with van der Waals surface area (Å²) in [6.07, 6.45) is 1.63. The van der Waals surface area contributed by atoms with Crippen LogP contribution in [0.4, 0.5) is 4.79 Å². The summed E-state index contributed by atoms with van der Waals surface area (Å²) in [6.45, 7) is 10.1. The van der Waals surface area contributed by atoms with Crippen LogP contribution in [0.3, 0.4) is 0 Å². The first-order chi connectivity index (χ1) is 10.8. The minimum atomic E-state index is -0.337. The highest BCUT2D eigenvalue weighted by atomic mass is 16.5. The Hall–Kier alpha value is -2.34. The van der Waals surface area contributed by atoms with Gasteiger partial charge < -0.3 is 14.7 Å². The van der Waals surface area contributed by atoms with Gasteiger partial charge in [0.25, 0.3) is 0 Å². The molecule has 23 heavy (non-hydrogen) atoms. The van der Waals surface area contributed by atoms with Crippen LogP contribution in [-0.4, -0.2) is 53.6 Å². The number of urea groups is 1. The second-order valence-corrected chi connectivity index (χ2v) is 6.29. The van der Waals surface area contributed by atoms with Gasteiger partial charge in [0.2, 0.25) is 0 Å². The highest BCUT2D eigenvalue weighted by molar-refractivity contribution is 5.79. The largest absolute Gasteiger partial charge is 0.508 e. The van der Waals surface area contributed by atoms with Crippen LogP contribution in [0.2, 0.25) is 0 Å². The fourth-order valence-electron chi connectivity index (χ4n) is 2.40. The fourth-order valence-corrected chi connectivity index (χ4v) is 2.40. The number of phenolic OH excluding ortho intramolecular Hbond substituents is 1. The van der Waals surface area contributed by atoms with Crippen molar-refractivity contribution >= 4 is 18.4 Å². The lowest BCUT2D eigenvalue weighted by molar-refractivity contribution is 0.125. The van der Waals surface area contributed by atoms with Gasteiger partial charge in [-0.25, -0.2) is 4.79 Å². The van der Waals surface area contributed by atoms with Gasteiger partial charge in [-0.1, -0.05) is 0 Å². The van der Waals surface area contributed by atoms with Crippen LogP contribution >= 0.6 is 0 Å². The third kappa shape index (κ3) is 3.53. The van der Waals surface area contributed by atoms with E-state index in [9.17, 15) is 9.90 Å². The Morgan fingerprint density at radius 1 is 1.52 bits per heavy atom. The van der Waals surface area contributed by atoms with E-state index < -0.39 is 0 Å². The summed E-state index contributed by atoms with van der Waals surface area (Å²) in [4.78, 5) is 19.7. The van der Waals surface area contributed by atoms with Crippen molar-refractivity contribution in [2.45, 2.75) is 26.3 Å². The van der Waals surface area contributed by atoms with E-state index in [-0.39, 0.29) is 24.1 Å². The van der Waals surface area contributed by atoms with Crippen molar-refractivity contribution in [3.05, 3.63) is 35.5 Å². The molecular formula is C17H23N3O3. The number of amides is 2. The monoisotopic (exact) mass is 317 g/mol. The lowest BCUT2D eigenvalue weighted by Gasteiger charge is -2.31. The highest BCUT2D eigenvalue weighted by Gasteiger charge is 2.37. The highest BCUT2D eigenvalue weighted by Crippen LogP contribution is 2.25. The summed E-state index contributed by atoms with van der Waals surface area (Å²) >= 11 is 0. The number of carbonyl (C=O) groups excluding carboxylic acids is 1. The quantitative estimate of drug-likeness (QED) is 0.872. The fraction of sp³-hybridized carbons (Fsp3) is 0.412. The van der Waals surface area contributed by atoms with Crippen molar-refractivity contribution < 1.29 is 14.6 Å². The van der Waals surface area contributed by atoms with Crippen molar-refractivity contribution in [3.63, 3.8) is 0 Å². The second kappa shape index (κ2) is 6.42. The molecule has 6 nitrogen and oxygen atoms in total. The van der Waals surface area contributed by atoms with E-state index in [1.807, 2.05) is 13.8 Å². The molecule has 1 fully saturated rings. The number of phenols is 1. The Morgan fingerprint density at radius 2 is 2.22 bits per heavy atom. The van der Waals surface area contributed by atoms with Crippen LogP contribution < -0.4 is 0 Å². The van der Waals surface area contributed by atoms with Crippen molar-refractivity contribution in [3.8, 4) is 5.75 Å². The van der Waals surface area contributed by atoms with Crippen LogP contribution in [0.5, 0.6) is 5.75 Å². The number of nitrogens with zero attached hydrogens (tertiary/aromatic N) is 3. The summed E-state index contributed by atoms with van der Waals surface area (Å²) in [6, 6.07) is 4.98. The first-order valence-electron chi connectivity index (χ1n) is 7.37. The Labute approximate surface area is 136 Å². The van der Waals surface area contributed by atoms with Crippen molar-refractivity contribution in [2.24, 2.45) is 4.99 Å². The Morgan fingerprint density at radius 3 is 2.74 bits per heavy atom. The van der Waals surface area contributed by atoms with Gasteiger partial charge >= 0.3 is 6.03 Å². The number of benzene rings is 1. The Kier molecular flexibility index (Phi) is 4.75. The van der Waals surface area contributed by atoms with Gasteiger partial charge in [0.05, 0.1) is 17.8 Å². The molecule has 6 heteroatoms. The third-order valence-electron chi connectivity index (χ3n) is 3.92. The third-order valence-corrected chi connectivity index (χ3v) is 3.92. The van der Waals surface area contributed by atoms with Crippen LogP contribution in [-0.2, 0) is 4.74 Å². The first-order valence-corrected chi connectivity index (χ1v) is 7.37. The van der Waals surface area contributed by atoms with Crippen molar-refractivity contribution in [1.29, 1.82) is 0 Å². The van der Waals surface area contributed by atoms with Gasteiger partial charge in [-0.2, -0.15) is 0 Å². The van der Waals surface area contributed by atoms with Gasteiger partial charge in [-0.15, -0.1) is 0 Å². The molecule has 0 bridgehead atoms. The zero-order chi connectivity index (χ0) is 17.2. The number of hydrogen-bond acceptors (Lipinski definition) is 4. The lowest BCUT2D eigenvalue weighted by atomic mass is 10.1. The van der Waals surface area contributed by atoms with E-state index in [0.29, 0.717) is 12.3 Å². The number of carbonyl (C=O) groups is 1. The molecule has 2 rings (SSSR count). The summed E-state index contributed by atoms with van der Waals surface area (Å²) in [7, 11) is 1.68. The standard InChI is InChI=1S/C17H23N3O3/c1-12-8-13(6-7-15(12)21)14(18-4)9-19(5)16(22)20-11-23-10-17(20,2)3/h6-9,21H,4,10-11H2,1-3,5H3. The second-order valence-electron chi connectivity index (χ2n) is 6.29. The number of aliphatic imine (C=N–C) groups is 1. The maximum atomic E-state index is 12.6. The predicted octanol–water partition coefficient (Wildman–Crippen LogP) is 2.82. The molecule has 1 N–H and O–H groups in total. The van der Waals surface area contributed by atoms with Gasteiger partial charge in [0.1, 0.15) is 12.5 Å². The molecule has 0 saturated carbocycles. The van der Waals surface area contributed by atoms with Crippen molar-refractivity contribution in [1.82, 2.24) is 9.80 Å². The predicted molar refractivity (Wildman–Crippen MR) is 90.3 cm³/mol. The molecule has 0 aromatic heterocycles. The van der Waals surface area contributed by atoms with E-state index in [4.69, 9.17) is 4.74 Å². The van der Waals surface area contributed by atoms with E-state index in [0.717, 1.165) is 11.1 Å². The zero-order valence-electron chi connectivity index (χ0n) is 14.0. The van der Waals surface area contributed by atoms with Crippen LogP contribution in [0.1, 0.15) is 25.0 Å². The minimum Gasteiger partial charge on any atom is -0.508 e. The van der Waals surface area contributed by atoms with Crippen molar-refractivity contribution in [2.75, 3.05) is 20.4 Å². The summed E-state index contributed by atoms with van der Waals surface area (Å²) in [5.74, 6) is 0.220. The maximum Gasteiger partial charge on any atom is 0.326 e. The number of rotatable bonds is 3. The topological polar surface area (TPSA) is 65.4 Å². The van der Waals surface area contributed by atoms with E-state index >= 15 is 0 Å². The molecule has 1 aromatic carbocycles. The molecule has 0 radical (unpaired) electrons. The van der Waals surface area contributed by atoms with Crippen LogP contribution in [0.25, 0.3) is 5.70 Å². The molecule has 2 amide bonds. The molecule has 0 spiro atoms. The van der Waals surface area contributed by atoms with Crippen LogP contribution in [0.15, 0.2) is 29.4 Å². The lowest BCUT2D eigenvalue weighted by Crippen LogP contribution is -2.48. The van der Waals surface area contributed by atoms with Gasteiger partial charge in [-0.05, 0) is 51.3 Å². The first kappa shape index (κ1) is 17.0. The number of aromatic hydroxyl groups is 1. The molecule has 0 aliphatic carbocycles. The van der Waals surface area contributed by atoms with E-state index in [1.54, 1.807) is 43.3 Å². The smallest absolute Gasteiger partial charge is 0.326 e. The van der Waals surface area contributed by atoms with Gasteiger partial charge in [0, 0.05) is 18.8 Å². The molecule has 124 valence electrons. The normalized spacial score (nSPS) is 17.2. The average Bonchev–Trinajstić information content (AvgIpc) is 2.86. The maximum absolute atomic E-state index is 12.6. The molecule has 1 aliphatic rings. The molecule has 0 atom stereocenters. The molecular weight excluding hydrogens is 294 g/mol. The summed E-state index contributed by atoms with van der Waals surface area (Å²) < 4.78 is 5.38. The number of hydrogen-bond donors (Lipinski definition) is 1. The minimum absolute atomic E-state index is 0.163. The zero-order valence-corrected chi connectivity index (χ0v) is 14.0. The average molecular weight is 317 g/mol. The van der Waals surface area contributed by atoms with Gasteiger partial charge in [0.15, 0.2) is 0 Å². The molecule has 1 aromatic rings. The van der Waals surface area contributed by atoms with E-state index in [2.05, 4.69) is 11.7 Å². The molecule has 0 unspecified atom stereocenters. The molecule has 1 saturated heterocycles. The van der Waals surface area contributed by atoms with Crippen LogP contribution in [0, 0.1) is 6.92 Å². The molecule has 1 heterocycles. The Balaban J connectivity index is 2.24. The van der Waals surface area contributed by atoms with Gasteiger partial charge in [-0.3, -0.25) is 9.89 Å². The summed E-state index contributed by atoms with van der Waals surface area (Å²) in [5, 5.41) is 9.62. The molecule has 1 aliphatic heterocycles. The Bertz CT molecular complexity index is 652. The summed E-state index contributed by atoms with van der Waals surface area (Å²) in [5.41, 5.74) is 1.74.